The minimum atomic E-state index is -0.565. The van der Waals surface area contributed by atoms with Crippen LogP contribution in [0, 0.1) is 5.41 Å². The smallest absolute Gasteiger partial charge is 0.313 e. The third-order valence-corrected chi connectivity index (χ3v) is 7.15. The first-order valence-electron chi connectivity index (χ1n) is 12.1. The van der Waals surface area contributed by atoms with Gasteiger partial charge in [0.1, 0.15) is 11.4 Å². The van der Waals surface area contributed by atoms with Gasteiger partial charge in [-0.3, -0.25) is 14.4 Å². The number of carbonyl (C=O) groups excluding carboxylic acids is 3. The molecule has 1 aromatic heterocycles. The number of halogens is 2. The summed E-state index contributed by atoms with van der Waals surface area (Å²) in [6, 6.07) is 15.1. The summed E-state index contributed by atoms with van der Waals surface area (Å²) in [6.45, 7) is 1.67. The van der Waals surface area contributed by atoms with Crippen LogP contribution in [0.1, 0.15) is 64.2 Å². The molecule has 1 aliphatic carbocycles. The van der Waals surface area contributed by atoms with Crippen molar-refractivity contribution in [2.45, 2.75) is 32.2 Å². The molecule has 2 aromatic carbocycles. The molecule has 1 heterocycles. The third kappa shape index (κ3) is 6.26. The Hall–Kier alpha value is -3.62. The number of aromatic nitrogens is 1. The highest BCUT2D eigenvalue weighted by Gasteiger charge is 2.49. The van der Waals surface area contributed by atoms with Crippen molar-refractivity contribution in [3.05, 3.63) is 93.2 Å². The van der Waals surface area contributed by atoms with Gasteiger partial charge in [-0.2, -0.15) is 0 Å². The summed E-state index contributed by atoms with van der Waals surface area (Å²) in [5.41, 5.74) is 1.36. The molecule has 0 aliphatic heterocycles. The zero-order valence-corrected chi connectivity index (χ0v) is 22.4. The number of carbonyl (C=O) groups is 3. The number of hydrogen-bond donors (Lipinski definition) is 2. The fraction of sp³-hybridized carbons (Fsp3) is 0.286. The molecule has 1 saturated carbocycles. The molecule has 0 bridgehead atoms. The van der Waals surface area contributed by atoms with Gasteiger partial charge < -0.3 is 20.1 Å². The molecule has 0 atom stereocenters. The van der Waals surface area contributed by atoms with Crippen LogP contribution in [0.2, 0.25) is 10.0 Å². The number of esters is 1. The first-order valence-corrected chi connectivity index (χ1v) is 12.8. The van der Waals surface area contributed by atoms with Crippen LogP contribution in [0.5, 0.6) is 5.75 Å². The number of pyridine rings is 1. The molecule has 3 aromatic rings. The molecule has 38 heavy (non-hydrogen) atoms. The number of ether oxygens (including phenoxy) is 2. The van der Waals surface area contributed by atoms with Gasteiger partial charge in [0.25, 0.3) is 11.8 Å². The summed E-state index contributed by atoms with van der Waals surface area (Å²) in [7, 11) is 1.39. The standard InChI is InChI=1S/C28H27Cl2N3O5/c1-3-28(12-13-28)27(36)38-16-32-26(35)22-14-23(37-2)21(15-31-22)25(34)33-24(17-4-8-19(29)9-5-17)18-6-10-20(30)11-7-18/h4-11,14-15,24H,3,12-13,16H2,1-2H3,(H,32,35)(H,33,34). The van der Waals surface area contributed by atoms with Crippen molar-refractivity contribution < 1.29 is 23.9 Å². The summed E-state index contributed by atoms with van der Waals surface area (Å²) in [4.78, 5) is 42.2. The van der Waals surface area contributed by atoms with Crippen molar-refractivity contribution in [3.63, 3.8) is 0 Å². The molecular formula is C28H27Cl2N3O5. The first-order chi connectivity index (χ1) is 18.3. The maximum atomic E-state index is 13.3. The quantitative estimate of drug-likeness (QED) is 0.258. The van der Waals surface area contributed by atoms with Crippen LogP contribution in [0.4, 0.5) is 0 Å². The van der Waals surface area contributed by atoms with Gasteiger partial charge in [0.15, 0.2) is 6.73 Å². The Kier molecular flexibility index (Phi) is 8.54. The van der Waals surface area contributed by atoms with Crippen LogP contribution < -0.4 is 15.4 Å². The van der Waals surface area contributed by atoms with Gasteiger partial charge in [-0.05, 0) is 54.7 Å². The van der Waals surface area contributed by atoms with Crippen LogP contribution in [-0.2, 0) is 9.53 Å². The van der Waals surface area contributed by atoms with Crippen LogP contribution in [0.25, 0.3) is 0 Å². The first kappa shape index (κ1) is 27.4. The molecule has 1 aliphatic rings. The van der Waals surface area contributed by atoms with E-state index in [0.717, 1.165) is 24.0 Å². The van der Waals surface area contributed by atoms with E-state index in [4.69, 9.17) is 32.7 Å². The zero-order valence-electron chi connectivity index (χ0n) is 20.9. The molecule has 0 unspecified atom stereocenters. The number of nitrogens with zero attached hydrogens (tertiary/aromatic N) is 1. The summed E-state index contributed by atoms with van der Waals surface area (Å²) >= 11 is 12.1. The van der Waals surface area contributed by atoms with Gasteiger partial charge in [0.2, 0.25) is 0 Å². The van der Waals surface area contributed by atoms with Gasteiger partial charge in [-0.25, -0.2) is 4.98 Å². The minimum Gasteiger partial charge on any atom is -0.496 e. The molecule has 2 amide bonds. The van der Waals surface area contributed by atoms with Gasteiger partial charge >= 0.3 is 5.97 Å². The van der Waals surface area contributed by atoms with E-state index in [1.54, 1.807) is 24.3 Å². The average Bonchev–Trinajstić information content (AvgIpc) is 3.74. The third-order valence-electron chi connectivity index (χ3n) is 6.64. The molecule has 2 N–H and O–H groups in total. The Bertz CT molecular complexity index is 1280. The van der Waals surface area contributed by atoms with E-state index < -0.39 is 23.3 Å². The summed E-state index contributed by atoms with van der Waals surface area (Å²) in [6.07, 6.45) is 3.58. The normalized spacial score (nSPS) is 13.5. The Morgan fingerprint density at radius 1 is 0.974 bits per heavy atom. The fourth-order valence-corrected chi connectivity index (χ4v) is 4.29. The maximum absolute atomic E-state index is 13.3. The number of benzene rings is 2. The molecule has 10 heteroatoms. The van der Waals surface area contributed by atoms with Gasteiger partial charge in [0.05, 0.1) is 24.1 Å². The van der Waals surface area contributed by atoms with Crippen molar-refractivity contribution in [2.75, 3.05) is 13.8 Å². The van der Waals surface area contributed by atoms with Crippen LogP contribution in [-0.4, -0.2) is 36.6 Å². The molecule has 0 saturated heterocycles. The van der Waals surface area contributed by atoms with E-state index in [1.165, 1.54) is 19.4 Å². The summed E-state index contributed by atoms with van der Waals surface area (Å²) in [5, 5.41) is 6.66. The van der Waals surface area contributed by atoms with Crippen LogP contribution >= 0.6 is 23.2 Å². The fourth-order valence-electron chi connectivity index (χ4n) is 4.04. The molecule has 0 spiro atoms. The number of hydrogen-bond acceptors (Lipinski definition) is 6. The number of amides is 2. The highest BCUT2D eigenvalue weighted by Crippen LogP contribution is 2.49. The van der Waals surface area contributed by atoms with Crippen LogP contribution in [0.3, 0.4) is 0 Å². The lowest BCUT2D eigenvalue weighted by Gasteiger charge is -2.21. The Balaban J connectivity index is 1.48. The van der Waals surface area contributed by atoms with E-state index in [9.17, 15) is 14.4 Å². The van der Waals surface area contributed by atoms with Gasteiger partial charge in [0, 0.05) is 22.3 Å². The average molecular weight is 556 g/mol. The largest absolute Gasteiger partial charge is 0.496 e. The van der Waals surface area contributed by atoms with Gasteiger partial charge in [-0.15, -0.1) is 0 Å². The second-order valence-electron chi connectivity index (χ2n) is 9.00. The van der Waals surface area contributed by atoms with E-state index in [1.807, 2.05) is 31.2 Å². The van der Waals surface area contributed by atoms with E-state index in [2.05, 4.69) is 15.6 Å². The predicted octanol–water partition coefficient (Wildman–Crippen LogP) is 5.34. The summed E-state index contributed by atoms with van der Waals surface area (Å²) in [5.74, 6) is -1.17. The SMILES string of the molecule is CCC1(C(=O)OCNC(=O)c2cc(OC)c(C(=O)NC(c3ccc(Cl)cc3)c3ccc(Cl)cc3)cn2)CC1. The maximum Gasteiger partial charge on any atom is 0.313 e. The lowest BCUT2D eigenvalue weighted by Crippen LogP contribution is -2.31. The van der Waals surface area contributed by atoms with Crippen molar-refractivity contribution in [2.24, 2.45) is 5.41 Å². The highest BCUT2D eigenvalue weighted by molar-refractivity contribution is 6.30. The minimum absolute atomic E-state index is 0.0121. The highest BCUT2D eigenvalue weighted by atomic mass is 35.5. The van der Waals surface area contributed by atoms with Crippen molar-refractivity contribution in [1.29, 1.82) is 0 Å². The zero-order chi connectivity index (χ0) is 27.3. The molecule has 4 rings (SSSR count). The Labute approximate surface area is 230 Å². The topological polar surface area (TPSA) is 107 Å². The van der Waals surface area contributed by atoms with E-state index in [0.29, 0.717) is 16.5 Å². The van der Waals surface area contributed by atoms with Crippen molar-refractivity contribution >= 4 is 41.0 Å². The monoisotopic (exact) mass is 555 g/mol. The lowest BCUT2D eigenvalue weighted by atomic mass is 9.98. The molecule has 1 fully saturated rings. The Morgan fingerprint density at radius 2 is 1.55 bits per heavy atom. The second-order valence-corrected chi connectivity index (χ2v) is 9.87. The summed E-state index contributed by atoms with van der Waals surface area (Å²) < 4.78 is 10.6. The molecule has 198 valence electrons. The molecule has 0 radical (unpaired) electrons. The number of nitrogens with one attached hydrogen (secondary N) is 2. The lowest BCUT2D eigenvalue weighted by molar-refractivity contribution is -0.150. The number of methoxy groups -OCH3 is 1. The second kappa shape index (κ2) is 11.8. The van der Waals surface area contributed by atoms with E-state index >= 15 is 0 Å². The van der Waals surface area contributed by atoms with Gasteiger partial charge in [-0.1, -0.05) is 54.4 Å². The number of rotatable bonds is 10. The van der Waals surface area contributed by atoms with E-state index in [-0.39, 0.29) is 29.7 Å². The van der Waals surface area contributed by atoms with Crippen molar-refractivity contribution in [1.82, 2.24) is 15.6 Å². The van der Waals surface area contributed by atoms with Crippen molar-refractivity contribution in [3.8, 4) is 5.75 Å². The predicted molar refractivity (Wildman–Crippen MR) is 143 cm³/mol. The van der Waals surface area contributed by atoms with Crippen LogP contribution in [0.15, 0.2) is 60.8 Å². The molecule has 8 nitrogen and oxygen atoms in total. The molecular weight excluding hydrogens is 529 g/mol. The Morgan fingerprint density at radius 3 is 2.05 bits per heavy atom.